The monoisotopic (exact) mass is 343 g/mol. The van der Waals surface area contributed by atoms with Gasteiger partial charge in [0, 0.05) is 11.8 Å². The molecule has 0 saturated carbocycles. The number of pyridine rings is 1. The Bertz CT molecular complexity index is 962. The minimum Gasteiger partial charge on any atom is -0.422 e. The van der Waals surface area contributed by atoms with Gasteiger partial charge in [0.15, 0.2) is 11.6 Å². The molecule has 0 atom stereocenters. The molecule has 1 aliphatic heterocycles. The maximum Gasteiger partial charge on any atom is 0.312 e. The number of rotatable bonds is 1. The highest BCUT2D eigenvalue weighted by molar-refractivity contribution is 5.83. The summed E-state index contributed by atoms with van der Waals surface area (Å²) in [6, 6.07) is 0. The van der Waals surface area contributed by atoms with Crippen LogP contribution in [-0.4, -0.2) is 26.5 Å². The van der Waals surface area contributed by atoms with E-state index in [1.54, 1.807) is 20.8 Å². The number of carbonyl (C=O) groups excluding carboxylic acids is 2. The number of hydrogen-bond donors (Lipinski definition) is 0. The summed E-state index contributed by atoms with van der Waals surface area (Å²) in [5.74, 6) is -1.25. The maximum atomic E-state index is 12.9. The van der Waals surface area contributed by atoms with Crippen LogP contribution in [0.4, 0.5) is 0 Å². The quantitative estimate of drug-likeness (QED) is 0.723. The molecule has 0 N–H and O–H groups in total. The van der Waals surface area contributed by atoms with Crippen molar-refractivity contribution in [3.8, 4) is 17.3 Å². The number of aryl methyl sites for hydroxylation is 4. The Morgan fingerprint density at radius 3 is 2.04 bits per heavy atom. The molecule has 0 radical (unpaired) electrons. The van der Waals surface area contributed by atoms with Crippen molar-refractivity contribution in [2.75, 3.05) is 0 Å². The zero-order valence-electron chi connectivity index (χ0n) is 14.4. The molecule has 25 heavy (non-hydrogen) atoms. The lowest BCUT2D eigenvalue weighted by Crippen LogP contribution is -2.28. The van der Waals surface area contributed by atoms with Crippen molar-refractivity contribution in [3.05, 3.63) is 39.2 Å². The van der Waals surface area contributed by atoms with Crippen molar-refractivity contribution >= 4 is 11.9 Å². The Labute approximate surface area is 143 Å². The van der Waals surface area contributed by atoms with Gasteiger partial charge in [0.1, 0.15) is 0 Å². The predicted octanol–water partition coefficient (Wildman–Crippen LogP) is 1.47. The van der Waals surface area contributed by atoms with Crippen LogP contribution >= 0.6 is 0 Å². The molecule has 3 rings (SSSR count). The third-order valence-corrected chi connectivity index (χ3v) is 3.95. The molecule has 0 aliphatic carbocycles. The number of carbonyl (C=O) groups is 2. The van der Waals surface area contributed by atoms with E-state index in [1.165, 1.54) is 10.8 Å². The van der Waals surface area contributed by atoms with Crippen LogP contribution in [0.15, 0.2) is 11.0 Å². The van der Waals surface area contributed by atoms with Crippen LogP contribution in [-0.2, 0) is 9.59 Å². The van der Waals surface area contributed by atoms with Crippen LogP contribution in [0, 0.1) is 27.7 Å². The number of ether oxygens (including phenoxy) is 2. The van der Waals surface area contributed by atoms with E-state index < -0.39 is 17.5 Å². The van der Waals surface area contributed by atoms with Crippen molar-refractivity contribution in [1.82, 2.24) is 14.5 Å². The lowest BCUT2D eigenvalue weighted by atomic mass is 10.2. The molecule has 130 valence electrons. The van der Waals surface area contributed by atoms with E-state index in [2.05, 4.69) is 9.97 Å². The predicted molar refractivity (Wildman–Crippen MR) is 87.1 cm³/mol. The van der Waals surface area contributed by atoms with Crippen LogP contribution in [0.3, 0.4) is 0 Å². The average Bonchev–Trinajstić information content (AvgIpc) is 2.54. The second kappa shape index (κ2) is 6.12. The fourth-order valence-electron chi connectivity index (χ4n) is 2.54. The van der Waals surface area contributed by atoms with Crippen molar-refractivity contribution in [1.29, 1.82) is 0 Å². The molecule has 3 heterocycles. The van der Waals surface area contributed by atoms with E-state index in [1.807, 2.05) is 6.92 Å². The molecule has 0 spiro atoms. The summed E-state index contributed by atoms with van der Waals surface area (Å²) in [5, 5.41) is 0. The minimum atomic E-state index is -0.657. The number of aromatic nitrogens is 3. The summed E-state index contributed by atoms with van der Waals surface area (Å²) in [6.07, 6.45) is 1.26. The molecule has 0 unspecified atom stereocenters. The van der Waals surface area contributed by atoms with Crippen molar-refractivity contribution < 1.29 is 19.1 Å². The standard InChI is InChI=1S/C17H17N3O5/c1-8-7-20(16-11(4)18-9(2)10(3)19-16)17(23)15-14(8)24-12(21)5-6-13(22)25-15/h7H,5-6H2,1-4H3. The molecule has 2 aromatic rings. The normalized spacial score (nSPS) is 14.2. The fourth-order valence-corrected chi connectivity index (χ4v) is 2.54. The number of hydrogen-bond acceptors (Lipinski definition) is 7. The zero-order chi connectivity index (χ0) is 18.3. The number of fused-ring (bicyclic) bond motifs is 1. The van der Waals surface area contributed by atoms with Crippen LogP contribution in [0.2, 0.25) is 0 Å². The average molecular weight is 343 g/mol. The number of nitrogens with zero attached hydrogens (tertiary/aromatic N) is 3. The third kappa shape index (κ3) is 3.02. The summed E-state index contributed by atoms with van der Waals surface area (Å²) in [5.41, 5.74) is 1.83. The first-order chi connectivity index (χ1) is 11.8. The fraction of sp³-hybridized carbons (Fsp3) is 0.353. The van der Waals surface area contributed by atoms with E-state index in [0.29, 0.717) is 22.8 Å². The van der Waals surface area contributed by atoms with E-state index in [0.717, 1.165) is 5.69 Å². The molecular weight excluding hydrogens is 326 g/mol. The molecule has 8 heteroatoms. The van der Waals surface area contributed by atoms with E-state index in [9.17, 15) is 14.4 Å². The summed E-state index contributed by atoms with van der Waals surface area (Å²) < 4.78 is 11.6. The van der Waals surface area contributed by atoms with Gasteiger partial charge in [-0.2, -0.15) is 0 Å². The molecule has 0 bridgehead atoms. The Morgan fingerprint density at radius 2 is 1.40 bits per heavy atom. The second-order valence-electron chi connectivity index (χ2n) is 5.90. The maximum absolute atomic E-state index is 12.9. The van der Waals surface area contributed by atoms with Crippen LogP contribution < -0.4 is 15.0 Å². The Morgan fingerprint density at radius 1 is 0.840 bits per heavy atom. The molecule has 8 nitrogen and oxygen atoms in total. The van der Waals surface area contributed by atoms with Gasteiger partial charge in [0.05, 0.1) is 29.9 Å². The van der Waals surface area contributed by atoms with Crippen molar-refractivity contribution in [2.24, 2.45) is 0 Å². The van der Waals surface area contributed by atoms with Gasteiger partial charge in [0.2, 0.25) is 5.75 Å². The van der Waals surface area contributed by atoms with E-state index in [4.69, 9.17) is 9.47 Å². The molecular formula is C17H17N3O5. The SMILES string of the molecule is Cc1cn(-c2nc(C)c(C)nc2C)c(=O)c2c1OC(=O)CCC(=O)O2. The third-order valence-electron chi connectivity index (χ3n) is 3.95. The van der Waals surface area contributed by atoms with Crippen molar-refractivity contribution in [3.63, 3.8) is 0 Å². The summed E-state index contributed by atoms with van der Waals surface area (Å²) >= 11 is 0. The van der Waals surface area contributed by atoms with Crippen LogP contribution in [0.25, 0.3) is 5.82 Å². The molecule has 2 aromatic heterocycles. The smallest absolute Gasteiger partial charge is 0.312 e. The molecule has 0 saturated heterocycles. The Kier molecular flexibility index (Phi) is 4.12. The highest BCUT2D eigenvalue weighted by atomic mass is 16.6. The molecule has 0 aromatic carbocycles. The van der Waals surface area contributed by atoms with Gasteiger partial charge in [-0.15, -0.1) is 0 Å². The largest absolute Gasteiger partial charge is 0.422 e. The number of esters is 2. The van der Waals surface area contributed by atoms with E-state index >= 15 is 0 Å². The van der Waals surface area contributed by atoms with Gasteiger partial charge in [0.25, 0.3) is 0 Å². The van der Waals surface area contributed by atoms with Gasteiger partial charge < -0.3 is 9.47 Å². The Balaban J connectivity index is 2.27. The van der Waals surface area contributed by atoms with Gasteiger partial charge in [-0.25, -0.2) is 4.98 Å². The second-order valence-corrected chi connectivity index (χ2v) is 5.90. The molecule has 0 amide bonds. The lowest BCUT2D eigenvalue weighted by Gasteiger charge is -2.18. The van der Waals surface area contributed by atoms with Crippen LogP contribution in [0.5, 0.6) is 11.5 Å². The zero-order valence-corrected chi connectivity index (χ0v) is 14.4. The summed E-state index contributed by atoms with van der Waals surface area (Å²) in [6.45, 7) is 7.01. The Hall–Kier alpha value is -3.03. The first-order valence-electron chi connectivity index (χ1n) is 7.77. The van der Waals surface area contributed by atoms with Gasteiger partial charge in [-0.05, 0) is 27.7 Å². The topological polar surface area (TPSA) is 100 Å². The minimum absolute atomic E-state index is 0.0336. The van der Waals surface area contributed by atoms with Crippen LogP contribution in [0.1, 0.15) is 35.5 Å². The summed E-state index contributed by atoms with van der Waals surface area (Å²) in [7, 11) is 0. The molecule has 1 aliphatic rings. The van der Waals surface area contributed by atoms with E-state index in [-0.39, 0.29) is 24.3 Å². The first-order valence-corrected chi connectivity index (χ1v) is 7.77. The lowest BCUT2D eigenvalue weighted by molar-refractivity contribution is -0.142. The summed E-state index contributed by atoms with van der Waals surface area (Å²) in [4.78, 5) is 45.2. The highest BCUT2D eigenvalue weighted by Crippen LogP contribution is 2.30. The van der Waals surface area contributed by atoms with Gasteiger partial charge >= 0.3 is 17.5 Å². The molecule has 0 fully saturated rings. The first kappa shape index (κ1) is 16.8. The van der Waals surface area contributed by atoms with Crippen molar-refractivity contribution in [2.45, 2.75) is 40.5 Å². The van der Waals surface area contributed by atoms with Gasteiger partial charge in [-0.3, -0.25) is 23.9 Å². The highest BCUT2D eigenvalue weighted by Gasteiger charge is 2.26. The van der Waals surface area contributed by atoms with Gasteiger partial charge in [-0.1, -0.05) is 0 Å².